The van der Waals surface area contributed by atoms with Gasteiger partial charge in [0.15, 0.2) is 0 Å². The maximum atomic E-state index is 11.7. The Balaban J connectivity index is 2.85. The topological polar surface area (TPSA) is 68.3 Å². The van der Waals surface area contributed by atoms with Gasteiger partial charge in [-0.05, 0) is 11.1 Å². The lowest BCUT2D eigenvalue weighted by Gasteiger charge is -2.19. The van der Waals surface area contributed by atoms with Gasteiger partial charge in [-0.3, -0.25) is 0 Å². The van der Waals surface area contributed by atoms with E-state index in [0.717, 1.165) is 0 Å². The lowest BCUT2D eigenvalue weighted by molar-refractivity contribution is 0.485. The maximum absolute atomic E-state index is 11.7. The van der Waals surface area contributed by atoms with Gasteiger partial charge in [0.05, 0.1) is 0 Å². The summed E-state index contributed by atoms with van der Waals surface area (Å²) in [6.07, 6.45) is 0. The third-order valence-corrected chi connectivity index (χ3v) is 5.95. The molecule has 2 rings (SSSR count). The molecule has 0 amide bonds. The molecule has 0 fully saturated rings. The van der Waals surface area contributed by atoms with Crippen molar-refractivity contribution >= 4 is 15.4 Å². The molecule has 6 heteroatoms. The fourth-order valence-electron chi connectivity index (χ4n) is 2.00. The fourth-order valence-corrected chi connectivity index (χ4v) is 3.97. The quantitative estimate of drug-likeness (QED) is 0.790. The van der Waals surface area contributed by atoms with Gasteiger partial charge >= 0.3 is 15.4 Å². The van der Waals surface area contributed by atoms with E-state index >= 15 is 0 Å². The van der Waals surface area contributed by atoms with Gasteiger partial charge < -0.3 is 0 Å². The average Bonchev–Trinajstić information content (AvgIpc) is 2.41. The Morgan fingerprint density at radius 1 is 0.579 bits per heavy atom. The molecule has 0 spiro atoms. The predicted molar refractivity (Wildman–Crippen MR) is 70.3 cm³/mol. The summed E-state index contributed by atoms with van der Waals surface area (Å²) in [5, 5.41) is 0. The van der Waals surface area contributed by atoms with E-state index in [1.54, 1.807) is 36.4 Å². The largest absolute Gasteiger partial charge is 0.345 e. The molecule has 0 radical (unpaired) electrons. The third-order valence-electron chi connectivity index (χ3n) is 2.88. The summed E-state index contributed by atoms with van der Waals surface area (Å²) in [6.45, 7) is 0. The second kappa shape index (κ2) is 5.48. The molecule has 0 saturated carbocycles. The van der Waals surface area contributed by atoms with Crippen molar-refractivity contribution in [1.82, 2.24) is 0 Å². The van der Waals surface area contributed by atoms with Crippen LogP contribution in [-0.4, -0.2) is 0 Å². The van der Waals surface area contributed by atoms with Crippen molar-refractivity contribution in [1.29, 1.82) is 0 Å². The number of benzene rings is 2. The summed E-state index contributed by atoms with van der Waals surface area (Å²) in [5.41, 5.74) is 0.460. The summed E-state index contributed by atoms with van der Waals surface area (Å²) in [5.74, 6) is 0. The molecule has 19 heavy (non-hydrogen) atoms. The normalized spacial score (nSPS) is 10.9. The Hall–Kier alpha value is -1.76. The van der Waals surface area contributed by atoms with E-state index in [1.165, 1.54) is 24.3 Å². The van der Waals surface area contributed by atoms with Gasteiger partial charge in [0, 0.05) is 0 Å². The molecule has 0 unspecified atom stereocenters. The molecule has 0 heterocycles. The Bertz CT molecular complexity index is 624. The Labute approximate surface area is 111 Å². The zero-order chi connectivity index (χ0) is 13.9. The summed E-state index contributed by atoms with van der Waals surface area (Å²) in [4.78, 5) is -2.01. The van der Waals surface area contributed by atoms with Crippen molar-refractivity contribution < 1.29 is 18.3 Å². The first-order valence-electron chi connectivity index (χ1n) is 5.50. The van der Waals surface area contributed by atoms with E-state index in [-0.39, 0.29) is 11.1 Å². The molecule has 2 aromatic carbocycles. The SMILES string of the molecule is O=P(=O)C(c1ccccc1)(c1ccccc1)P(=O)=O. The van der Waals surface area contributed by atoms with Crippen LogP contribution in [0, 0.1) is 0 Å². The smallest absolute Gasteiger partial charge is 0.235 e. The minimum Gasteiger partial charge on any atom is -0.235 e. The minimum absolute atomic E-state index is 0.230. The van der Waals surface area contributed by atoms with E-state index in [0.29, 0.717) is 0 Å². The molecule has 0 aliphatic heterocycles. The monoisotopic (exact) mass is 292 g/mol. The molecule has 0 aliphatic rings. The van der Waals surface area contributed by atoms with Gasteiger partial charge in [-0.2, -0.15) is 0 Å². The van der Waals surface area contributed by atoms with Gasteiger partial charge in [-0.1, -0.05) is 60.7 Å². The van der Waals surface area contributed by atoms with Gasteiger partial charge in [-0.15, -0.1) is 0 Å². The van der Waals surface area contributed by atoms with Crippen molar-refractivity contribution in [2.45, 2.75) is 4.90 Å². The molecule has 0 aliphatic carbocycles. The van der Waals surface area contributed by atoms with Crippen molar-refractivity contribution in [3.8, 4) is 0 Å². The van der Waals surface area contributed by atoms with Crippen LogP contribution in [-0.2, 0) is 23.2 Å². The zero-order valence-electron chi connectivity index (χ0n) is 9.80. The highest BCUT2D eigenvalue weighted by Gasteiger charge is 2.47. The lowest BCUT2D eigenvalue weighted by Crippen LogP contribution is -2.15. The molecular weight excluding hydrogens is 282 g/mol. The van der Waals surface area contributed by atoms with E-state index in [4.69, 9.17) is 0 Å². The summed E-state index contributed by atoms with van der Waals surface area (Å²) in [7, 11) is -6.47. The van der Waals surface area contributed by atoms with Crippen molar-refractivity contribution in [2.24, 2.45) is 0 Å². The molecule has 0 atom stereocenters. The Morgan fingerprint density at radius 2 is 0.895 bits per heavy atom. The fraction of sp³-hybridized carbons (Fsp3) is 0.0769. The highest BCUT2D eigenvalue weighted by Crippen LogP contribution is 2.56. The van der Waals surface area contributed by atoms with Crippen molar-refractivity contribution in [2.75, 3.05) is 0 Å². The van der Waals surface area contributed by atoms with E-state index in [2.05, 4.69) is 0 Å². The molecule has 2 aromatic rings. The van der Waals surface area contributed by atoms with Gasteiger partial charge in [0.25, 0.3) is 0 Å². The van der Waals surface area contributed by atoms with E-state index < -0.39 is 20.3 Å². The molecular formula is C13H10O4P2. The standard InChI is InChI=1S/C13H10O4P2/c14-18(15)13(19(16)17,11-7-3-1-4-8-11)12-9-5-2-6-10-12/h1-10H. The van der Waals surface area contributed by atoms with Crippen LogP contribution in [0.5, 0.6) is 0 Å². The van der Waals surface area contributed by atoms with Crippen LogP contribution in [0.15, 0.2) is 60.7 Å². The predicted octanol–water partition coefficient (Wildman–Crippen LogP) is 4.23. The summed E-state index contributed by atoms with van der Waals surface area (Å²) < 4.78 is 46.9. The molecule has 0 saturated heterocycles. The van der Waals surface area contributed by atoms with Crippen LogP contribution < -0.4 is 0 Å². The van der Waals surface area contributed by atoms with Crippen LogP contribution in [0.3, 0.4) is 0 Å². The Kier molecular flexibility index (Phi) is 3.94. The third kappa shape index (κ3) is 2.25. The maximum Gasteiger partial charge on any atom is 0.345 e. The summed E-state index contributed by atoms with van der Waals surface area (Å²) in [6, 6.07) is 15.9. The first kappa shape index (κ1) is 13.7. The molecule has 0 N–H and O–H groups in total. The number of hydrogen-bond donors (Lipinski definition) is 0. The summed E-state index contributed by atoms with van der Waals surface area (Å²) >= 11 is 0. The zero-order valence-corrected chi connectivity index (χ0v) is 11.6. The molecule has 0 aromatic heterocycles. The lowest BCUT2D eigenvalue weighted by atomic mass is 10.0. The van der Waals surface area contributed by atoms with Crippen molar-refractivity contribution in [3.63, 3.8) is 0 Å². The second-order valence-electron chi connectivity index (χ2n) is 3.92. The van der Waals surface area contributed by atoms with E-state index in [1.807, 2.05) is 0 Å². The Morgan fingerprint density at radius 3 is 1.16 bits per heavy atom. The van der Waals surface area contributed by atoms with Gasteiger partial charge in [-0.25, -0.2) is 18.3 Å². The van der Waals surface area contributed by atoms with Crippen LogP contribution in [0.25, 0.3) is 0 Å². The van der Waals surface area contributed by atoms with Crippen LogP contribution in [0.2, 0.25) is 0 Å². The first-order valence-corrected chi connectivity index (χ1v) is 7.85. The molecule has 0 bridgehead atoms. The average molecular weight is 292 g/mol. The second-order valence-corrected chi connectivity index (χ2v) is 6.64. The van der Waals surface area contributed by atoms with Crippen LogP contribution in [0.1, 0.15) is 11.1 Å². The van der Waals surface area contributed by atoms with Crippen molar-refractivity contribution in [3.05, 3.63) is 71.8 Å². The van der Waals surface area contributed by atoms with Gasteiger partial charge in [0.2, 0.25) is 4.90 Å². The number of hydrogen-bond acceptors (Lipinski definition) is 4. The van der Waals surface area contributed by atoms with Crippen LogP contribution in [0.4, 0.5) is 0 Å². The molecule has 96 valence electrons. The first-order chi connectivity index (χ1) is 9.10. The number of rotatable bonds is 4. The van der Waals surface area contributed by atoms with E-state index in [9.17, 15) is 18.3 Å². The molecule has 4 nitrogen and oxygen atoms in total. The highest BCUT2D eigenvalue weighted by molar-refractivity contribution is 7.52. The highest BCUT2D eigenvalue weighted by atomic mass is 31.1. The van der Waals surface area contributed by atoms with Gasteiger partial charge in [0.1, 0.15) is 0 Å². The van der Waals surface area contributed by atoms with Crippen LogP contribution >= 0.6 is 15.4 Å². The minimum atomic E-state index is -3.24.